The lowest BCUT2D eigenvalue weighted by atomic mass is 10.2. The fourth-order valence-electron chi connectivity index (χ4n) is 1.63. The van der Waals surface area contributed by atoms with Gasteiger partial charge in [-0.05, 0) is 19.5 Å². The molecule has 1 rings (SSSR count). The van der Waals surface area contributed by atoms with Gasteiger partial charge in [-0.3, -0.25) is 4.79 Å². The van der Waals surface area contributed by atoms with Gasteiger partial charge in [-0.15, -0.1) is 0 Å². The van der Waals surface area contributed by atoms with Gasteiger partial charge in [0, 0.05) is 13.7 Å². The van der Waals surface area contributed by atoms with E-state index in [0.29, 0.717) is 24.8 Å². The molecular weight excluding hydrogens is 268 g/mol. The van der Waals surface area contributed by atoms with Crippen molar-refractivity contribution < 1.29 is 4.74 Å². The van der Waals surface area contributed by atoms with E-state index >= 15 is 0 Å². The standard InChI is InChI=1S/C12H21ClN4O2/c1-9(6-14-2)7-15-10-8-16-17(4-5-19-3)12(18)11(10)13/h8-9,14-15H,4-7H2,1-3H3. The first-order chi connectivity index (χ1) is 9.10. The van der Waals surface area contributed by atoms with Crippen LogP contribution in [0.5, 0.6) is 0 Å². The number of nitrogens with one attached hydrogen (secondary N) is 2. The van der Waals surface area contributed by atoms with Crippen molar-refractivity contribution in [2.75, 3.05) is 39.2 Å². The number of rotatable bonds is 8. The lowest BCUT2D eigenvalue weighted by molar-refractivity contribution is 0.182. The summed E-state index contributed by atoms with van der Waals surface area (Å²) in [5.74, 6) is 0.428. The molecule has 6 nitrogen and oxygen atoms in total. The fourth-order valence-corrected chi connectivity index (χ4v) is 1.84. The lowest BCUT2D eigenvalue weighted by Crippen LogP contribution is -2.27. The monoisotopic (exact) mass is 288 g/mol. The lowest BCUT2D eigenvalue weighted by Gasteiger charge is -2.14. The second kappa shape index (κ2) is 8.14. The zero-order valence-corrected chi connectivity index (χ0v) is 12.3. The summed E-state index contributed by atoms with van der Waals surface area (Å²) < 4.78 is 6.21. The molecule has 7 heteroatoms. The van der Waals surface area contributed by atoms with Crippen LogP contribution in [0.1, 0.15) is 6.92 Å². The van der Waals surface area contributed by atoms with Crippen molar-refractivity contribution in [1.29, 1.82) is 0 Å². The van der Waals surface area contributed by atoms with Gasteiger partial charge in [0.05, 0.1) is 25.0 Å². The summed E-state index contributed by atoms with van der Waals surface area (Å²) in [5.41, 5.74) is 0.272. The van der Waals surface area contributed by atoms with Gasteiger partial charge in [-0.1, -0.05) is 18.5 Å². The minimum absolute atomic E-state index is 0.169. The molecule has 1 aromatic heterocycles. The Morgan fingerprint density at radius 2 is 2.26 bits per heavy atom. The van der Waals surface area contributed by atoms with Crippen LogP contribution in [0, 0.1) is 5.92 Å². The second-order valence-corrected chi connectivity index (χ2v) is 4.82. The maximum absolute atomic E-state index is 11.9. The van der Waals surface area contributed by atoms with E-state index in [9.17, 15) is 4.79 Å². The van der Waals surface area contributed by atoms with Crippen molar-refractivity contribution in [2.45, 2.75) is 13.5 Å². The SMILES string of the molecule is CNCC(C)CNc1cnn(CCOC)c(=O)c1Cl. The maximum atomic E-state index is 11.9. The van der Waals surface area contributed by atoms with E-state index in [-0.39, 0.29) is 10.6 Å². The fraction of sp³-hybridized carbons (Fsp3) is 0.667. The number of ether oxygens (including phenoxy) is 1. The molecule has 0 amide bonds. The Morgan fingerprint density at radius 3 is 2.89 bits per heavy atom. The molecule has 0 radical (unpaired) electrons. The number of anilines is 1. The minimum Gasteiger partial charge on any atom is -0.383 e. The molecule has 0 aliphatic rings. The van der Waals surface area contributed by atoms with Crippen LogP contribution >= 0.6 is 11.6 Å². The van der Waals surface area contributed by atoms with Gasteiger partial charge in [-0.2, -0.15) is 5.10 Å². The Labute approximate surface area is 118 Å². The van der Waals surface area contributed by atoms with Crippen molar-refractivity contribution in [3.63, 3.8) is 0 Å². The molecule has 0 aliphatic heterocycles. The van der Waals surface area contributed by atoms with Gasteiger partial charge in [0.15, 0.2) is 0 Å². The summed E-state index contributed by atoms with van der Waals surface area (Å²) in [6.45, 7) is 4.54. The van der Waals surface area contributed by atoms with E-state index in [4.69, 9.17) is 16.3 Å². The van der Waals surface area contributed by atoms with Crippen LogP contribution in [-0.4, -0.2) is 43.6 Å². The van der Waals surface area contributed by atoms with E-state index in [1.165, 1.54) is 4.68 Å². The molecule has 1 unspecified atom stereocenters. The van der Waals surface area contributed by atoms with E-state index in [1.54, 1.807) is 13.3 Å². The van der Waals surface area contributed by atoms with E-state index in [0.717, 1.165) is 13.1 Å². The molecule has 1 aromatic rings. The first kappa shape index (κ1) is 15.9. The zero-order valence-electron chi connectivity index (χ0n) is 11.6. The van der Waals surface area contributed by atoms with Crippen LogP contribution in [0.4, 0.5) is 5.69 Å². The van der Waals surface area contributed by atoms with Crippen LogP contribution in [0.2, 0.25) is 5.02 Å². The molecule has 0 aromatic carbocycles. The number of nitrogens with zero attached hydrogens (tertiary/aromatic N) is 2. The Bertz CT molecular complexity index is 450. The van der Waals surface area contributed by atoms with Crippen molar-refractivity contribution in [1.82, 2.24) is 15.1 Å². The Hall–Kier alpha value is -1.11. The molecule has 1 atom stereocenters. The highest BCUT2D eigenvalue weighted by molar-refractivity contribution is 6.32. The predicted molar refractivity (Wildman–Crippen MR) is 77.0 cm³/mol. The summed E-state index contributed by atoms with van der Waals surface area (Å²) in [7, 11) is 3.48. The minimum atomic E-state index is -0.301. The van der Waals surface area contributed by atoms with Crippen molar-refractivity contribution in [2.24, 2.45) is 5.92 Å². The maximum Gasteiger partial charge on any atom is 0.287 e. The van der Waals surface area contributed by atoms with Gasteiger partial charge in [0.2, 0.25) is 0 Å². The largest absolute Gasteiger partial charge is 0.383 e. The molecule has 0 saturated carbocycles. The van der Waals surface area contributed by atoms with E-state index in [2.05, 4.69) is 22.7 Å². The van der Waals surface area contributed by atoms with Gasteiger partial charge in [0.25, 0.3) is 5.56 Å². The number of methoxy groups -OCH3 is 1. The van der Waals surface area contributed by atoms with Crippen LogP contribution in [0.25, 0.3) is 0 Å². The molecule has 19 heavy (non-hydrogen) atoms. The predicted octanol–water partition coefficient (Wildman–Crippen LogP) is 0.810. The second-order valence-electron chi connectivity index (χ2n) is 4.44. The third-order valence-corrected chi connectivity index (χ3v) is 3.05. The van der Waals surface area contributed by atoms with E-state index in [1.807, 2.05) is 7.05 Å². The van der Waals surface area contributed by atoms with Crippen LogP contribution < -0.4 is 16.2 Å². The van der Waals surface area contributed by atoms with Crippen LogP contribution in [0.3, 0.4) is 0 Å². The van der Waals surface area contributed by atoms with Crippen molar-refractivity contribution in [3.05, 3.63) is 21.6 Å². The Balaban J connectivity index is 2.71. The highest BCUT2D eigenvalue weighted by Crippen LogP contribution is 2.15. The molecule has 108 valence electrons. The van der Waals surface area contributed by atoms with Crippen molar-refractivity contribution in [3.8, 4) is 0 Å². The molecule has 0 bridgehead atoms. The van der Waals surface area contributed by atoms with Gasteiger partial charge >= 0.3 is 0 Å². The summed E-state index contributed by atoms with van der Waals surface area (Å²) in [6, 6.07) is 0. The normalized spacial score (nSPS) is 12.4. The van der Waals surface area contributed by atoms with Crippen molar-refractivity contribution >= 4 is 17.3 Å². The zero-order chi connectivity index (χ0) is 14.3. The smallest absolute Gasteiger partial charge is 0.287 e. The van der Waals surface area contributed by atoms with Gasteiger partial charge in [-0.25, -0.2) is 4.68 Å². The number of aromatic nitrogens is 2. The Morgan fingerprint density at radius 1 is 1.53 bits per heavy atom. The van der Waals surface area contributed by atoms with Crippen LogP contribution in [0.15, 0.2) is 11.0 Å². The summed E-state index contributed by atoms with van der Waals surface area (Å²) in [4.78, 5) is 11.9. The van der Waals surface area contributed by atoms with Gasteiger partial charge < -0.3 is 15.4 Å². The molecule has 2 N–H and O–H groups in total. The average Bonchev–Trinajstić information content (AvgIpc) is 2.40. The quantitative estimate of drug-likeness (QED) is 0.741. The third kappa shape index (κ3) is 4.81. The molecule has 1 heterocycles. The summed E-state index contributed by atoms with van der Waals surface area (Å²) in [5, 5.41) is 10.5. The van der Waals surface area contributed by atoms with Crippen LogP contribution in [-0.2, 0) is 11.3 Å². The topological polar surface area (TPSA) is 68.2 Å². The first-order valence-electron chi connectivity index (χ1n) is 6.23. The molecule has 0 saturated heterocycles. The first-order valence-corrected chi connectivity index (χ1v) is 6.61. The van der Waals surface area contributed by atoms with E-state index < -0.39 is 0 Å². The third-order valence-electron chi connectivity index (χ3n) is 2.69. The summed E-state index contributed by atoms with van der Waals surface area (Å²) in [6.07, 6.45) is 1.57. The van der Waals surface area contributed by atoms with Gasteiger partial charge in [0.1, 0.15) is 5.02 Å². The number of halogens is 1. The summed E-state index contributed by atoms with van der Waals surface area (Å²) >= 11 is 6.05. The molecule has 0 aliphatic carbocycles. The highest BCUT2D eigenvalue weighted by atomic mass is 35.5. The number of hydrogen-bond acceptors (Lipinski definition) is 5. The Kier molecular flexibility index (Phi) is 6.83. The molecule has 0 spiro atoms. The molecule has 0 fully saturated rings. The average molecular weight is 289 g/mol. The highest BCUT2D eigenvalue weighted by Gasteiger charge is 2.10. The molecular formula is C12H21ClN4O2. The number of hydrogen-bond donors (Lipinski definition) is 2.